The molecule has 0 radical (unpaired) electrons. The van der Waals surface area contributed by atoms with Crippen molar-refractivity contribution in [2.75, 3.05) is 26.4 Å². The monoisotopic (exact) mass is 514 g/mol. The largest absolute Gasteiger partial charge is 0.491 e. The molecule has 0 bridgehead atoms. The van der Waals surface area contributed by atoms with Gasteiger partial charge in [-0.1, -0.05) is 22.0 Å². The van der Waals surface area contributed by atoms with Crippen molar-refractivity contribution in [1.82, 2.24) is 10.9 Å². The maximum atomic E-state index is 12.2. The molecule has 2 aromatic rings. The van der Waals surface area contributed by atoms with Gasteiger partial charge in [-0.2, -0.15) is 0 Å². The molecule has 0 unspecified atom stereocenters. The number of amides is 2. The average molecular weight is 516 g/mol. The summed E-state index contributed by atoms with van der Waals surface area (Å²) in [5.41, 5.74) is 5.01. The SMILES string of the molecule is CCOCCOc1cccc(C(=O)NNC(=O)COc2ccc(Br)cc2Br)c1. The van der Waals surface area contributed by atoms with Crippen LogP contribution in [0.4, 0.5) is 0 Å². The Kier molecular flexibility index (Phi) is 9.26. The third-order valence-corrected chi connectivity index (χ3v) is 4.48. The molecule has 0 atom stereocenters. The van der Waals surface area contributed by atoms with Crippen molar-refractivity contribution in [3.63, 3.8) is 0 Å². The smallest absolute Gasteiger partial charge is 0.276 e. The van der Waals surface area contributed by atoms with E-state index < -0.39 is 11.8 Å². The highest BCUT2D eigenvalue weighted by atomic mass is 79.9. The number of nitrogens with one attached hydrogen (secondary N) is 2. The van der Waals surface area contributed by atoms with Crippen LogP contribution in [0, 0.1) is 0 Å². The van der Waals surface area contributed by atoms with Gasteiger partial charge in [-0.05, 0) is 59.3 Å². The molecule has 2 amide bonds. The van der Waals surface area contributed by atoms with E-state index in [1.54, 1.807) is 42.5 Å². The van der Waals surface area contributed by atoms with Gasteiger partial charge in [0.15, 0.2) is 6.61 Å². The number of carbonyl (C=O) groups excluding carboxylic acids is 2. The van der Waals surface area contributed by atoms with Crippen LogP contribution >= 0.6 is 31.9 Å². The van der Waals surface area contributed by atoms with Crippen molar-refractivity contribution in [3.05, 3.63) is 57.0 Å². The van der Waals surface area contributed by atoms with Crippen LogP contribution in [0.25, 0.3) is 0 Å². The fourth-order valence-electron chi connectivity index (χ4n) is 2.06. The first-order chi connectivity index (χ1) is 13.5. The lowest BCUT2D eigenvalue weighted by Crippen LogP contribution is -2.43. The minimum Gasteiger partial charge on any atom is -0.491 e. The quantitative estimate of drug-likeness (QED) is 0.394. The number of hydrogen-bond donors (Lipinski definition) is 2. The van der Waals surface area contributed by atoms with Gasteiger partial charge in [-0.3, -0.25) is 20.4 Å². The molecule has 0 fully saturated rings. The number of halogens is 2. The zero-order valence-corrected chi connectivity index (χ0v) is 18.3. The van der Waals surface area contributed by atoms with Crippen LogP contribution < -0.4 is 20.3 Å². The van der Waals surface area contributed by atoms with Crippen molar-refractivity contribution in [3.8, 4) is 11.5 Å². The Bertz CT molecular complexity index is 817. The molecule has 7 nitrogen and oxygen atoms in total. The molecule has 0 spiro atoms. The van der Waals surface area contributed by atoms with Gasteiger partial charge in [-0.25, -0.2) is 0 Å². The normalized spacial score (nSPS) is 10.2. The summed E-state index contributed by atoms with van der Waals surface area (Å²) < 4.78 is 17.7. The molecule has 0 saturated heterocycles. The van der Waals surface area contributed by atoms with Crippen molar-refractivity contribution >= 4 is 43.7 Å². The van der Waals surface area contributed by atoms with Gasteiger partial charge in [-0.15, -0.1) is 0 Å². The highest BCUT2D eigenvalue weighted by Crippen LogP contribution is 2.28. The molecule has 0 aromatic heterocycles. The molecule has 2 N–H and O–H groups in total. The van der Waals surface area contributed by atoms with Gasteiger partial charge in [0.2, 0.25) is 0 Å². The van der Waals surface area contributed by atoms with E-state index >= 15 is 0 Å². The summed E-state index contributed by atoms with van der Waals surface area (Å²) in [6.45, 7) is 3.13. The number of benzene rings is 2. The molecular weight excluding hydrogens is 496 g/mol. The number of rotatable bonds is 9. The number of hydrazine groups is 1. The second-order valence-electron chi connectivity index (χ2n) is 5.44. The maximum Gasteiger partial charge on any atom is 0.276 e. The first kappa shape index (κ1) is 22.2. The molecule has 150 valence electrons. The lowest BCUT2D eigenvalue weighted by molar-refractivity contribution is -0.123. The minimum atomic E-state index is -0.493. The van der Waals surface area contributed by atoms with Gasteiger partial charge in [0.1, 0.15) is 18.1 Å². The number of ether oxygens (including phenoxy) is 3. The van der Waals surface area contributed by atoms with Crippen molar-refractivity contribution in [2.24, 2.45) is 0 Å². The Hall–Kier alpha value is -2.10. The van der Waals surface area contributed by atoms with Gasteiger partial charge in [0.25, 0.3) is 11.8 Å². The van der Waals surface area contributed by atoms with Gasteiger partial charge in [0, 0.05) is 16.6 Å². The van der Waals surface area contributed by atoms with Crippen LogP contribution in [0.5, 0.6) is 11.5 Å². The predicted octanol–water partition coefficient (Wildman–Crippen LogP) is 3.47. The Morgan fingerprint density at radius 2 is 1.82 bits per heavy atom. The van der Waals surface area contributed by atoms with E-state index in [1.165, 1.54) is 0 Å². The zero-order chi connectivity index (χ0) is 20.4. The average Bonchev–Trinajstić information content (AvgIpc) is 2.69. The summed E-state index contributed by atoms with van der Waals surface area (Å²) >= 11 is 6.68. The first-order valence-electron chi connectivity index (χ1n) is 8.47. The lowest BCUT2D eigenvalue weighted by atomic mass is 10.2. The molecule has 0 saturated carbocycles. The van der Waals surface area contributed by atoms with Crippen LogP contribution in [0.1, 0.15) is 17.3 Å². The molecule has 9 heteroatoms. The zero-order valence-electron chi connectivity index (χ0n) is 15.2. The third-order valence-electron chi connectivity index (χ3n) is 3.36. The second kappa shape index (κ2) is 11.7. The van der Waals surface area contributed by atoms with Crippen molar-refractivity contribution in [2.45, 2.75) is 6.92 Å². The summed E-state index contributed by atoms with van der Waals surface area (Å²) in [4.78, 5) is 24.1. The van der Waals surface area contributed by atoms with Crippen LogP contribution in [-0.2, 0) is 9.53 Å². The summed E-state index contributed by atoms with van der Waals surface area (Å²) in [5, 5.41) is 0. The fraction of sp³-hybridized carbons (Fsp3) is 0.263. The van der Waals surface area contributed by atoms with Gasteiger partial charge >= 0.3 is 0 Å². The molecular formula is C19H20Br2N2O5. The van der Waals surface area contributed by atoms with Crippen LogP contribution in [0.15, 0.2) is 51.4 Å². The van der Waals surface area contributed by atoms with E-state index in [4.69, 9.17) is 14.2 Å². The third kappa shape index (κ3) is 7.49. The second-order valence-corrected chi connectivity index (χ2v) is 7.21. The summed E-state index contributed by atoms with van der Waals surface area (Å²) in [5.74, 6) is 0.101. The van der Waals surface area contributed by atoms with E-state index in [0.29, 0.717) is 41.4 Å². The Morgan fingerprint density at radius 1 is 1.00 bits per heavy atom. The maximum absolute atomic E-state index is 12.2. The lowest BCUT2D eigenvalue weighted by Gasteiger charge is -2.11. The molecule has 0 aliphatic rings. The van der Waals surface area contributed by atoms with Gasteiger partial charge < -0.3 is 14.2 Å². The fourth-order valence-corrected chi connectivity index (χ4v) is 3.22. The molecule has 0 heterocycles. The summed E-state index contributed by atoms with van der Waals surface area (Å²) in [7, 11) is 0. The number of carbonyl (C=O) groups is 2. The van der Waals surface area contributed by atoms with Crippen LogP contribution in [-0.4, -0.2) is 38.2 Å². The van der Waals surface area contributed by atoms with Crippen LogP contribution in [0.3, 0.4) is 0 Å². The van der Waals surface area contributed by atoms with E-state index in [-0.39, 0.29) is 6.61 Å². The summed E-state index contributed by atoms with van der Waals surface area (Å²) in [6.07, 6.45) is 0. The Balaban J connectivity index is 1.78. The Labute approximate surface area is 180 Å². The predicted molar refractivity (Wildman–Crippen MR) is 111 cm³/mol. The molecule has 0 aliphatic carbocycles. The number of hydrogen-bond acceptors (Lipinski definition) is 5. The Morgan fingerprint density at radius 3 is 2.57 bits per heavy atom. The highest BCUT2D eigenvalue weighted by Gasteiger charge is 2.10. The first-order valence-corrected chi connectivity index (χ1v) is 10.1. The standard InChI is InChI=1S/C19H20Br2N2O5/c1-2-26-8-9-27-15-5-3-4-13(10-15)19(25)23-22-18(24)12-28-17-7-6-14(20)11-16(17)21/h3-7,10-11H,2,8-9,12H2,1H3,(H,22,24)(H,23,25). The van der Waals surface area contributed by atoms with E-state index in [2.05, 4.69) is 42.7 Å². The molecule has 28 heavy (non-hydrogen) atoms. The topological polar surface area (TPSA) is 85.9 Å². The van der Waals surface area contributed by atoms with E-state index in [9.17, 15) is 9.59 Å². The molecule has 0 aliphatic heterocycles. The van der Waals surface area contributed by atoms with Crippen molar-refractivity contribution < 1.29 is 23.8 Å². The van der Waals surface area contributed by atoms with Crippen LogP contribution in [0.2, 0.25) is 0 Å². The minimum absolute atomic E-state index is 0.249. The van der Waals surface area contributed by atoms with Gasteiger partial charge in [0.05, 0.1) is 11.1 Å². The molecule has 2 rings (SSSR count). The molecule has 2 aromatic carbocycles. The van der Waals surface area contributed by atoms with E-state index in [1.807, 2.05) is 6.92 Å². The summed E-state index contributed by atoms with van der Waals surface area (Å²) in [6, 6.07) is 12.0. The van der Waals surface area contributed by atoms with Crippen molar-refractivity contribution in [1.29, 1.82) is 0 Å². The van der Waals surface area contributed by atoms with E-state index in [0.717, 1.165) is 4.47 Å². The highest BCUT2D eigenvalue weighted by molar-refractivity contribution is 9.11.